The molecule has 2 N–H and O–H groups in total. The number of ketones is 1. The third kappa shape index (κ3) is 4.71. The molecule has 0 aliphatic carbocycles. The molecule has 0 atom stereocenters. The molecule has 150 valence electrons. The van der Waals surface area contributed by atoms with Gasteiger partial charge < -0.3 is 5.32 Å². The highest BCUT2D eigenvalue weighted by Crippen LogP contribution is 2.23. The van der Waals surface area contributed by atoms with Crippen molar-refractivity contribution in [3.8, 4) is 6.07 Å². The van der Waals surface area contributed by atoms with Gasteiger partial charge in [-0.3, -0.25) is 14.3 Å². The van der Waals surface area contributed by atoms with Gasteiger partial charge in [0.2, 0.25) is 5.91 Å². The molecule has 8 heteroatoms. The predicted molar refractivity (Wildman–Crippen MR) is 113 cm³/mol. The second kappa shape index (κ2) is 8.59. The summed E-state index contributed by atoms with van der Waals surface area (Å²) < 4.78 is 28.0. The van der Waals surface area contributed by atoms with Gasteiger partial charge in [-0.15, -0.1) is 0 Å². The van der Waals surface area contributed by atoms with E-state index < -0.39 is 10.0 Å². The highest BCUT2D eigenvalue weighted by atomic mass is 32.2. The van der Waals surface area contributed by atoms with Crippen molar-refractivity contribution in [1.82, 2.24) is 0 Å². The fraction of sp³-hybridized carbons (Fsp3) is 0.0455. The molecule has 0 radical (unpaired) electrons. The SMILES string of the molecule is CC(=O)Nc1ccc(S(=O)(=O)Nc2ccccc2C(=O)c2ccc(C#N)cc2)cc1. The Morgan fingerprint density at radius 3 is 2.13 bits per heavy atom. The van der Waals surface area contributed by atoms with E-state index in [-0.39, 0.29) is 27.8 Å². The normalized spacial score (nSPS) is 10.7. The zero-order valence-electron chi connectivity index (χ0n) is 15.9. The first-order valence-electron chi connectivity index (χ1n) is 8.84. The van der Waals surface area contributed by atoms with Crippen molar-refractivity contribution >= 4 is 33.1 Å². The van der Waals surface area contributed by atoms with Crippen LogP contribution >= 0.6 is 0 Å². The van der Waals surface area contributed by atoms with E-state index in [4.69, 9.17) is 5.26 Å². The molecule has 3 rings (SSSR count). The average Bonchev–Trinajstić information content (AvgIpc) is 2.73. The number of carbonyl (C=O) groups is 2. The summed E-state index contributed by atoms with van der Waals surface area (Å²) in [6, 6.07) is 20.0. The summed E-state index contributed by atoms with van der Waals surface area (Å²) in [4.78, 5) is 24.0. The molecule has 0 aliphatic rings. The van der Waals surface area contributed by atoms with E-state index >= 15 is 0 Å². The number of carbonyl (C=O) groups excluding carboxylic acids is 2. The lowest BCUT2D eigenvalue weighted by atomic mass is 10.0. The van der Waals surface area contributed by atoms with Crippen LogP contribution in [0.4, 0.5) is 11.4 Å². The summed E-state index contributed by atoms with van der Waals surface area (Å²) in [5, 5.41) is 11.5. The lowest BCUT2D eigenvalue weighted by molar-refractivity contribution is -0.114. The standard InChI is InChI=1S/C22H17N3O4S/c1-15(26)24-18-10-12-19(13-11-18)30(28,29)25-21-5-3-2-4-20(21)22(27)17-8-6-16(14-23)7-9-17/h2-13,25H,1H3,(H,24,26). The molecule has 0 bridgehead atoms. The van der Waals surface area contributed by atoms with Gasteiger partial charge in [-0.1, -0.05) is 12.1 Å². The van der Waals surface area contributed by atoms with Gasteiger partial charge in [-0.05, 0) is 60.7 Å². The van der Waals surface area contributed by atoms with Crippen LogP contribution in [-0.4, -0.2) is 20.1 Å². The molecule has 0 aliphatic heterocycles. The number of para-hydroxylation sites is 1. The third-order valence-electron chi connectivity index (χ3n) is 4.18. The zero-order valence-corrected chi connectivity index (χ0v) is 16.7. The van der Waals surface area contributed by atoms with Crippen LogP contribution in [0.5, 0.6) is 0 Å². The number of nitrogens with one attached hydrogen (secondary N) is 2. The van der Waals surface area contributed by atoms with Crippen LogP contribution in [0.2, 0.25) is 0 Å². The summed E-state index contributed by atoms with van der Waals surface area (Å²) in [5.41, 5.74) is 1.54. The molecule has 0 aromatic heterocycles. The van der Waals surface area contributed by atoms with E-state index in [1.54, 1.807) is 12.1 Å². The number of anilines is 2. The van der Waals surface area contributed by atoms with Crippen LogP contribution in [0.1, 0.15) is 28.4 Å². The molecule has 0 saturated heterocycles. The minimum Gasteiger partial charge on any atom is -0.326 e. The second-order valence-electron chi connectivity index (χ2n) is 6.37. The van der Waals surface area contributed by atoms with Crippen LogP contribution in [0.15, 0.2) is 77.7 Å². The van der Waals surface area contributed by atoms with E-state index in [2.05, 4.69) is 10.0 Å². The predicted octanol–water partition coefficient (Wildman–Crippen LogP) is 3.55. The van der Waals surface area contributed by atoms with E-state index in [1.165, 1.54) is 67.6 Å². The lowest BCUT2D eigenvalue weighted by Crippen LogP contribution is -2.16. The summed E-state index contributed by atoms with van der Waals surface area (Å²) in [6.45, 7) is 1.36. The van der Waals surface area contributed by atoms with Gasteiger partial charge in [0.25, 0.3) is 10.0 Å². The summed E-state index contributed by atoms with van der Waals surface area (Å²) in [6.07, 6.45) is 0. The van der Waals surface area contributed by atoms with Crippen molar-refractivity contribution in [1.29, 1.82) is 5.26 Å². The van der Waals surface area contributed by atoms with Gasteiger partial charge in [-0.25, -0.2) is 8.42 Å². The van der Waals surface area contributed by atoms with Crippen molar-refractivity contribution in [3.05, 3.63) is 89.5 Å². The molecule has 0 unspecified atom stereocenters. The number of sulfonamides is 1. The molecule has 1 amide bonds. The largest absolute Gasteiger partial charge is 0.326 e. The maximum Gasteiger partial charge on any atom is 0.261 e. The van der Waals surface area contributed by atoms with Crippen molar-refractivity contribution < 1.29 is 18.0 Å². The van der Waals surface area contributed by atoms with Crippen molar-refractivity contribution in [2.75, 3.05) is 10.0 Å². The number of nitrogens with zero attached hydrogens (tertiary/aromatic N) is 1. The molecular weight excluding hydrogens is 402 g/mol. The summed E-state index contributed by atoms with van der Waals surface area (Å²) >= 11 is 0. The summed E-state index contributed by atoms with van der Waals surface area (Å²) in [5.74, 6) is -0.641. The van der Waals surface area contributed by atoms with Crippen LogP contribution in [-0.2, 0) is 14.8 Å². The number of hydrogen-bond donors (Lipinski definition) is 2. The molecule has 0 spiro atoms. The van der Waals surface area contributed by atoms with E-state index in [9.17, 15) is 18.0 Å². The fourth-order valence-electron chi connectivity index (χ4n) is 2.75. The van der Waals surface area contributed by atoms with Crippen molar-refractivity contribution in [3.63, 3.8) is 0 Å². The molecular formula is C22H17N3O4S. The van der Waals surface area contributed by atoms with Gasteiger partial charge >= 0.3 is 0 Å². The highest BCUT2D eigenvalue weighted by molar-refractivity contribution is 7.92. The maximum absolute atomic E-state index is 12.9. The number of nitriles is 1. The Balaban J connectivity index is 1.89. The first-order chi connectivity index (χ1) is 14.3. The zero-order chi connectivity index (χ0) is 21.7. The molecule has 0 fully saturated rings. The van der Waals surface area contributed by atoms with Gasteiger partial charge in [0, 0.05) is 23.7 Å². The van der Waals surface area contributed by atoms with E-state index in [0.29, 0.717) is 16.8 Å². The number of rotatable bonds is 6. The van der Waals surface area contributed by atoms with Gasteiger partial charge in [-0.2, -0.15) is 5.26 Å². The Morgan fingerprint density at radius 1 is 0.900 bits per heavy atom. The first kappa shape index (κ1) is 20.8. The van der Waals surface area contributed by atoms with Crippen molar-refractivity contribution in [2.45, 2.75) is 11.8 Å². The average molecular weight is 419 g/mol. The molecule has 0 heterocycles. The molecule has 0 saturated carbocycles. The second-order valence-corrected chi connectivity index (χ2v) is 8.06. The van der Waals surface area contributed by atoms with Crippen LogP contribution in [0.25, 0.3) is 0 Å². The third-order valence-corrected chi connectivity index (χ3v) is 5.56. The maximum atomic E-state index is 12.9. The van der Waals surface area contributed by atoms with Crippen LogP contribution in [0, 0.1) is 11.3 Å². The Kier molecular flexibility index (Phi) is 5.95. The Hall–Kier alpha value is -3.96. The smallest absolute Gasteiger partial charge is 0.261 e. The lowest BCUT2D eigenvalue weighted by Gasteiger charge is -2.12. The van der Waals surface area contributed by atoms with Gasteiger partial charge in [0.15, 0.2) is 5.78 Å². The quantitative estimate of drug-likeness (QED) is 0.593. The topological polar surface area (TPSA) is 116 Å². The molecule has 30 heavy (non-hydrogen) atoms. The van der Waals surface area contributed by atoms with E-state index in [0.717, 1.165) is 0 Å². The first-order valence-corrected chi connectivity index (χ1v) is 10.3. The van der Waals surface area contributed by atoms with Crippen LogP contribution in [0.3, 0.4) is 0 Å². The highest BCUT2D eigenvalue weighted by Gasteiger charge is 2.19. The molecule has 3 aromatic rings. The Labute approximate surface area is 174 Å². The number of hydrogen-bond acceptors (Lipinski definition) is 5. The molecule has 7 nitrogen and oxygen atoms in total. The number of amides is 1. The fourth-order valence-corrected chi connectivity index (χ4v) is 3.83. The monoisotopic (exact) mass is 419 g/mol. The van der Waals surface area contributed by atoms with Crippen LogP contribution < -0.4 is 10.0 Å². The van der Waals surface area contributed by atoms with Crippen molar-refractivity contribution in [2.24, 2.45) is 0 Å². The minimum atomic E-state index is -3.97. The van der Waals surface area contributed by atoms with Gasteiger partial charge in [0.1, 0.15) is 0 Å². The van der Waals surface area contributed by atoms with E-state index in [1.807, 2.05) is 6.07 Å². The van der Waals surface area contributed by atoms with Gasteiger partial charge in [0.05, 0.1) is 22.2 Å². The molecule has 3 aromatic carbocycles. The Morgan fingerprint density at radius 2 is 1.53 bits per heavy atom. The summed E-state index contributed by atoms with van der Waals surface area (Å²) in [7, 11) is -3.97. The minimum absolute atomic E-state index is 0.0165. The Bertz CT molecular complexity index is 1240. The number of benzene rings is 3.